The molecular weight excluding hydrogens is 238 g/mol. The minimum absolute atomic E-state index is 0.217. The van der Waals surface area contributed by atoms with Crippen molar-refractivity contribution in [3.63, 3.8) is 0 Å². The highest BCUT2D eigenvalue weighted by Crippen LogP contribution is 2.25. The van der Waals surface area contributed by atoms with Crippen LogP contribution in [0.3, 0.4) is 0 Å². The summed E-state index contributed by atoms with van der Waals surface area (Å²) in [4.78, 5) is 22.4. The van der Waals surface area contributed by atoms with Crippen LogP contribution in [0.25, 0.3) is 0 Å². The molecular formula is C11H15N3O4. The number of carbonyl (C=O) groups excluding carboxylic acids is 2. The number of hydrogen-bond donors (Lipinski definition) is 4. The first-order chi connectivity index (χ1) is 8.47. The SMILES string of the molecule is COc1c(N)cccc1C(=O)NCC(O)C(N)=O. The Hall–Kier alpha value is -2.28. The molecule has 18 heavy (non-hydrogen) atoms. The fourth-order valence-corrected chi connectivity index (χ4v) is 1.35. The van der Waals surface area contributed by atoms with E-state index in [1.165, 1.54) is 13.2 Å². The molecule has 1 aromatic carbocycles. The van der Waals surface area contributed by atoms with Crippen molar-refractivity contribution in [2.75, 3.05) is 19.4 Å². The maximum absolute atomic E-state index is 11.8. The third-order valence-corrected chi connectivity index (χ3v) is 2.28. The van der Waals surface area contributed by atoms with Gasteiger partial charge in [0.05, 0.1) is 24.9 Å². The number of benzene rings is 1. The summed E-state index contributed by atoms with van der Waals surface area (Å²) >= 11 is 0. The highest BCUT2D eigenvalue weighted by molar-refractivity contribution is 5.98. The van der Waals surface area contributed by atoms with E-state index in [1.807, 2.05) is 0 Å². The lowest BCUT2D eigenvalue weighted by molar-refractivity contribution is -0.125. The first-order valence-corrected chi connectivity index (χ1v) is 5.15. The molecule has 98 valence electrons. The Kier molecular flexibility index (Phi) is 4.50. The highest BCUT2D eigenvalue weighted by Gasteiger charge is 2.17. The summed E-state index contributed by atoms with van der Waals surface area (Å²) in [6.07, 6.45) is -1.43. The molecule has 0 bridgehead atoms. The van der Waals surface area contributed by atoms with Crippen molar-refractivity contribution in [2.24, 2.45) is 5.73 Å². The van der Waals surface area contributed by atoms with Gasteiger partial charge in [-0.25, -0.2) is 0 Å². The van der Waals surface area contributed by atoms with E-state index in [1.54, 1.807) is 12.1 Å². The lowest BCUT2D eigenvalue weighted by atomic mass is 10.1. The standard InChI is InChI=1S/C11H15N3O4/c1-18-9-6(3-2-4-7(9)12)11(17)14-5-8(15)10(13)16/h2-4,8,15H,5,12H2,1H3,(H2,13,16)(H,14,17). The quantitative estimate of drug-likeness (QED) is 0.493. The molecule has 7 heteroatoms. The number of aliphatic hydroxyl groups excluding tert-OH is 1. The number of amides is 2. The van der Waals surface area contributed by atoms with Gasteiger partial charge in [-0.05, 0) is 12.1 Å². The summed E-state index contributed by atoms with van der Waals surface area (Å²) in [6, 6.07) is 4.70. The number of nitrogens with one attached hydrogen (secondary N) is 1. The van der Waals surface area contributed by atoms with Crippen molar-refractivity contribution < 1.29 is 19.4 Å². The van der Waals surface area contributed by atoms with Crippen LogP contribution in [-0.4, -0.2) is 36.7 Å². The highest BCUT2D eigenvalue weighted by atomic mass is 16.5. The zero-order chi connectivity index (χ0) is 13.7. The van der Waals surface area contributed by atoms with Crippen LogP contribution in [0.2, 0.25) is 0 Å². The number of para-hydroxylation sites is 1. The van der Waals surface area contributed by atoms with Gasteiger partial charge in [-0.15, -0.1) is 0 Å². The van der Waals surface area contributed by atoms with Crippen molar-refractivity contribution in [3.05, 3.63) is 23.8 Å². The molecule has 1 unspecified atom stereocenters. The smallest absolute Gasteiger partial charge is 0.255 e. The minimum atomic E-state index is -1.43. The summed E-state index contributed by atoms with van der Waals surface area (Å²) in [6.45, 7) is -0.272. The van der Waals surface area contributed by atoms with Crippen LogP contribution >= 0.6 is 0 Å². The van der Waals surface area contributed by atoms with Crippen molar-refractivity contribution in [2.45, 2.75) is 6.10 Å². The van der Waals surface area contributed by atoms with Crippen LogP contribution in [0.5, 0.6) is 5.75 Å². The predicted molar refractivity (Wildman–Crippen MR) is 64.9 cm³/mol. The summed E-state index contributed by atoms with van der Waals surface area (Å²) in [5.74, 6) is -1.18. The number of aliphatic hydroxyl groups is 1. The van der Waals surface area contributed by atoms with E-state index in [-0.39, 0.29) is 17.9 Å². The van der Waals surface area contributed by atoms with Crippen LogP contribution in [0.15, 0.2) is 18.2 Å². The molecule has 1 rings (SSSR count). The molecule has 6 N–H and O–H groups in total. The number of ether oxygens (including phenoxy) is 1. The molecule has 7 nitrogen and oxygen atoms in total. The van der Waals surface area contributed by atoms with Crippen LogP contribution in [0, 0.1) is 0 Å². The largest absolute Gasteiger partial charge is 0.494 e. The van der Waals surface area contributed by atoms with E-state index in [9.17, 15) is 9.59 Å². The molecule has 0 aliphatic rings. The molecule has 0 fully saturated rings. The molecule has 0 radical (unpaired) electrons. The van der Waals surface area contributed by atoms with Gasteiger partial charge >= 0.3 is 0 Å². The third kappa shape index (κ3) is 3.11. The molecule has 0 spiro atoms. The number of hydrogen-bond acceptors (Lipinski definition) is 5. The van der Waals surface area contributed by atoms with Crippen LogP contribution < -0.4 is 21.5 Å². The fourth-order valence-electron chi connectivity index (χ4n) is 1.35. The van der Waals surface area contributed by atoms with Crippen LogP contribution in [0.4, 0.5) is 5.69 Å². The fraction of sp³-hybridized carbons (Fsp3) is 0.273. The van der Waals surface area contributed by atoms with E-state index < -0.39 is 17.9 Å². The zero-order valence-corrected chi connectivity index (χ0v) is 9.84. The Morgan fingerprint density at radius 2 is 2.17 bits per heavy atom. The molecule has 0 aromatic heterocycles. The average molecular weight is 253 g/mol. The number of methoxy groups -OCH3 is 1. The molecule has 0 aliphatic heterocycles. The van der Waals surface area contributed by atoms with Crippen molar-refractivity contribution in [3.8, 4) is 5.75 Å². The van der Waals surface area contributed by atoms with Crippen molar-refractivity contribution >= 4 is 17.5 Å². The minimum Gasteiger partial charge on any atom is -0.494 e. The lowest BCUT2D eigenvalue weighted by Gasteiger charge is -2.12. The zero-order valence-electron chi connectivity index (χ0n) is 9.84. The van der Waals surface area contributed by atoms with Crippen LogP contribution in [0.1, 0.15) is 10.4 Å². The molecule has 0 saturated heterocycles. The molecule has 0 aliphatic carbocycles. The summed E-state index contributed by atoms with van der Waals surface area (Å²) in [5.41, 5.74) is 11.0. The molecule has 1 aromatic rings. The molecule has 0 saturated carbocycles. The van der Waals surface area contributed by atoms with Gasteiger partial charge in [0.15, 0.2) is 5.75 Å². The Balaban J connectivity index is 2.79. The van der Waals surface area contributed by atoms with Crippen molar-refractivity contribution in [1.82, 2.24) is 5.32 Å². The number of nitrogens with two attached hydrogens (primary N) is 2. The van der Waals surface area contributed by atoms with Crippen LogP contribution in [-0.2, 0) is 4.79 Å². The second-order valence-electron chi connectivity index (χ2n) is 3.56. The number of nitrogen functional groups attached to an aromatic ring is 1. The van der Waals surface area contributed by atoms with E-state index in [0.29, 0.717) is 5.69 Å². The topological polar surface area (TPSA) is 128 Å². The van der Waals surface area contributed by atoms with Gasteiger partial charge in [-0.3, -0.25) is 9.59 Å². The monoisotopic (exact) mass is 253 g/mol. The predicted octanol–water partition coefficient (Wildman–Crippen LogP) is -1.15. The van der Waals surface area contributed by atoms with E-state index in [0.717, 1.165) is 0 Å². The maximum Gasteiger partial charge on any atom is 0.255 e. The van der Waals surface area contributed by atoms with E-state index >= 15 is 0 Å². The number of carbonyl (C=O) groups is 2. The Labute approximate surface area is 104 Å². The first-order valence-electron chi connectivity index (χ1n) is 5.15. The van der Waals surface area contributed by atoms with Gasteiger partial charge in [-0.1, -0.05) is 6.07 Å². The summed E-state index contributed by atoms with van der Waals surface area (Å²) in [5, 5.41) is 11.5. The number of rotatable bonds is 5. The number of primary amides is 1. The van der Waals surface area contributed by atoms with Gasteiger partial charge in [0.1, 0.15) is 6.10 Å². The Morgan fingerprint density at radius 3 is 2.72 bits per heavy atom. The van der Waals surface area contributed by atoms with E-state index in [4.69, 9.17) is 21.3 Å². The molecule has 2 amide bonds. The third-order valence-electron chi connectivity index (χ3n) is 2.28. The van der Waals surface area contributed by atoms with E-state index in [2.05, 4.69) is 5.32 Å². The first kappa shape index (κ1) is 13.8. The Bertz CT molecular complexity index is 462. The second kappa shape index (κ2) is 5.87. The second-order valence-corrected chi connectivity index (χ2v) is 3.56. The van der Waals surface area contributed by atoms with Gasteiger partial charge in [-0.2, -0.15) is 0 Å². The van der Waals surface area contributed by atoms with Gasteiger partial charge < -0.3 is 26.6 Å². The maximum atomic E-state index is 11.8. The number of anilines is 1. The molecule has 1 atom stereocenters. The summed E-state index contributed by atoms with van der Waals surface area (Å²) < 4.78 is 5.01. The average Bonchev–Trinajstić information content (AvgIpc) is 2.34. The van der Waals surface area contributed by atoms with Crippen molar-refractivity contribution in [1.29, 1.82) is 0 Å². The lowest BCUT2D eigenvalue weighted by Crippen LogP contribution is -2.40. The van der Waals surface area contributed by atoms with Gasteiger partial charge in [0.25, 0.3) is 5.91 Å². The summed E-state index contributed by atoms with van der Waals surface area (Å²) in [7, 11) is 1.39. The normalized spacial score (nSPS) is 11.7. The Morgan fingerprint density at radius 1 is 1.50 bits per heavy atom. The van der Waals surface area contributed by atoms with Gasteiger partial charge in [0.2, 0.25) is 5.91 Å². The van der Waals surface area contributed by atoms with Gasteiger partial charge in [0, 0.05) is 0 Å². The molecule has 0 heterocycles.